The number of benzene rings is 1. The zero-order chi connectivity index (χ0) is 13.9. The molecule has 2 aromatic heterocycles. The Labute approximate surface area is 117 Å². The van der Waals surface area contributed by atoms with Gasteiger partial charge >= 0.3 is 0 Å². The molecule has 0 unspecified atom stereocenters. The third-order valence-corrected chi connectivity index (χ3v) is 3.68. The summed E-state index contributed by atoms with van der Waals surface area (Å²) in [6, 6.07) is 9.38. The Balaban J connectivity index is 1.79. The molecule has 98 valence electrons. The molecule has 1 aromatic carbocycles. The molecule has 0 aliphatic rings. The van der Waals surface area contributed by atoms with Gasteiger partial charge in [-0.1, -0.05) is 23.9 Å². The molecule has 2 heterocycles. The second kappa shape index (κ2) is 5.19. The predicted octanol–water partition coefficient (Wildman–Crippen LogP) is 1.81. The Hall–Kier alpha value is -2.59. The van der Waals surface area contributed by atoms with E-state index in [1.807, 2.05) is 12.1 Å². The number of aromatic nitrogens is 4. The molecule has 0 amide bonds. The minimum absolute atomic E-state index is 0.227. The molecule has 0 radical (unpaired) electrons. The van der Waals surface area contributed by atoms with Gasteiger partial charge < -0.3 is 4.98 Å². The van der Waals surface area contributed by atoms with Crippen LogP contribution in [0.4, 0.5) is 0 Å². The van der Waals surface area contributed by atoms with Crippen molar-refractivity contribution in [3.05, 3.63) is 52.1 Å². The number of hydrogen-bond donors (Lipinski definition) is 2. The van der Waals surface area contributed by atoms with Crippen LogP contribution in [-0.4, -0.2) is 19.9 Å². The van der Waals surface area contributed by atoms with Gasteiger partial charge in [0.15, 0.2) is 16.3 Å². The lowest BCUT2D eigenvalue weighted by molar-refractivity contribution is 0.964. The van der Waals surface area contributed by atoms with Gasteiger partial charge in [-0.15, -0.1) is 0 Å². The highest BCUT2D eigenvalue weighted by molar-refractivity contribution is 7.98. The van der Waals surface area contributed by atoms with E-state index in [0.717, 1.165) is 5.56 Å². The van der Waals surface area contributed by atoms with Gasteiger partial charge in [-0.25, -0.2) is 9.97 Å². The molecule has 6 nitrogen and oxygen atoms in total. The number of aromatic amines is 2. The van der Waals surface area contributed by atoms with Crippen LogP contribution in [0.15, 0.2) is 40.5 Å². The Bertz CT molecular complexity index is 844. The highest BCUT2D eigenvalue weighted by Crippen LogP contribution is 2.19. The number of hydrogen-bond acceptors (Lipinski definition) is 5. The molecule has 0 saturated heterocycles. The van der Waals surface area contributed by atoms with E-state index in [2.05, 4.69) is 26.0 Å². The van der Waals surface area contributed by atoms with Crippen LogP contribution in [0.3, 0.4) is 0 Å². The van der Waals surface area contributed by atoms with Crippen molar-refractivity contribution in [2.75, 3.05) is 0 Å². The van der Waals surface area contributed by atoms with Crippen molar-refractivity contribution in [1.29, 1.82) is 5.26 Å². The number of nitrogens with one attached hydrogen (secondary N) is 2. The first-order valence-corrected chi connectivity index (χ1v) is 6.80. The summed E-state index contributed by atoms with van der Waals surface area (Å²) in [6.45, 7) is 0. The monoisotopic (exact) mass is 283 g/mol. The molecule has 3 aromatic rings. The highest BCUT2D eigenvalue weighted by Gasteiger charge is 2.06. The number of rotatable bonds is 3. The average molecular weight is 283 g/mol. The summed E-state index contributed by atoms with van der Waals surface area (Å²) in [5.74, 6) is 0.657. The lowest BCUT2D eigenvalue weighted by Crippen LogP contribution is -2.09. The summed E-state index contributed by atoms with van der Waals surface area (Å²) in [5.41, 5.74) is 2.25. The number of imidazole rings is 1. The molecule has 0 atom stereocenters. The summed E-state index contributed by atoms with van der Waals surface area (Å²) >= 11 is 1.42. The van der Waals surface area contributed by atoms with Crippen LogP contribution in [0.1, 0.15) is 11.1 Å². The van der Waals surface area contributed by atoms with Gasteiger partial charge in [-0.3, -0.25) is 9.78 Å². The molecule has 0 saturated carbocycles. The highest BCUT2D eigenvalue weighted by atomic mass is 32.2. The van der Waals surface area contributed by atoms with E-state index in [9.17, 15) is 4.79 Å². The maximum Gasteiger partial charge on any atom is 0.277 e. The second-order valence-corrected chi connectivity index (χ2v) is 5.03. The Morgan fingerprint density at radius 3 is 2.85 bits per heavy atom. The van der Waals surface area contributed by atoms with Crippen molar-refractivity contribution in [1.82, 2.24) is 19.9 Å². The van der Waals surface area contributed by atoms with E-state index in [4.69, 9.17) is 5.26 Å². The lowest BCUT2D eigenvalue weighted by Gasteiger charge is -2.01. The second-order valence-electron chi connectivity index (χ2n) is 4.07. The van der Waals surface area contributed by atoms with E-state index in [1.165, 1.54) is 18.1 Å². The molecule has 7 heteroatoms. The van der Waals surface area contributed by atoms with Gasteiger partial charge in [0.25, 0.3) is 5.56 Å². The predicted molar refractivity (Wildman–Crippen MR) is 75.2 cm³/mol. The van der Waals surface area contributed by atoms with Crippen LogP contribution in [0, 0.1) is 11.3 Å². The molecule has 2 N–H and O–H groups in total. The van der Waals surface area contributed by atoms with E-state index >= 15 is 0 Å². The maximum absolute atomic E-state index is 11.7. The first-order valence-electron chi connectivity index (χ1n) is 5.81. The molecule has 0 aliphatic carbocycles. The maximum atomic E-state index is 11.7. The Kier molecular flexibility index (Phi) is 3.23. The summed E-state index contributed by atoms with van der Waals surface area (Å²) in [6.07, 6.45) is 1.45. The molecular weight excluding hydrogens is 274 g/mol. The van der Waals surface area contributed by atoms with Gasteiger partial charge in [0.05, 0.1) is 18.0 Å². The van der Waals surface area contributed by atoms with Gasteiger partial charge in [-0.05, 0) is 17.7 Å². The largest absolute Gasteiger partial charge is 0.339 e. The zero-order valence-corrected chi connectivity index (χ0v) is 11.1. The SMILES string of the molecule is N#Cc1ccc(CSc2nc3nc[nH]c3c(=O)[nH]2)cc1. The van der Waals surface area contributed by atoms with E-state index in [-0.39, 0.29) is 5.56 Å². The van der Waals surface area contributed by atoms with Crippen molar-refractivity contribution >= 4 is 22.9 Å². The van der Waals surface area contributed by atoms with Gasteiger partial charge in [0.2, 0.25) is 0 Å². The summed E-state index contributed by atoms with van der Waals surface area (Å²) in [5, 5.41) is 9.26. The molecule has 3 rings (SSSR count). The minimum Gasteiger partial charge on any atom is -0.339 e. The smallest absolute Gasteiger partial charge is 0.277 e. The van der Waals surface area contributed by atoms with E-state index < -0.39 is 0 Å². The normalized spacial score (nSPS) is 10.6. The van der Waals surface area contributed by atoms with Gasteiger partial charge in [0, 0.05) is 5.75 Å². The van der Waals surface area contributed by atoms with E-state index in [0.29, 0.717) is 27.6 Å². The third-order valence-electron chi connectivity index (χ3n) is 2.73. The Morgan fingerprint density at radius 2 is 2.10 bits per heavy atom. The van der Waals surface area contributed by atoms with Crippen LogP contribution in [0.25, 0.3) is 11.2 Å². The first-order chi connectivity index (χ1) is 9.76. The molecule has 0 spiro atoms. The lowest BCUT2D eigenvalue weighted by atomic mass is 10.2. The van der Waals surface area contributed by atoms with Crippen LogP contribution in [0.5, 0.6) is 0 Å². The third kappa shape index (κ3) is 2.41. The van der Waals surface area contributed by atoms with Crippen LogP contribution < -0.4 is 5.56 Å². The molecule has 0 bridgehead atoms. The van der Waals surface area contributed by atoms with Crippen molar-refractivity contribution in [2.45, 2.75) is 10.9 Å². The number of H-pyrrole nitrogens is 2. The summed E-state index contributed by atoms with van der Waals surface area (Å²) in [7, 11) is 0. The molecule has 0 aliphatic heterocycles. The zero-order valence-electron chi connectivity index (χ0n) is 10.3. The van der Waals surface area contributed by atoms with Gasteiger partial charge in [0.1, 0.15) is 0 Å². The van der Waals surface area contributed by atoms with Crippen molar-refractivity contribution < 1.29 is 0 Å². The van der Waals surface area contributed by atoms with Crippen LogP contribution in [-0.2, 0) is 5.75 Å². The molecule has 20 heavy (non-hydrogen) atoms. The Morgan fingerprint density at radius 1 is 1.30 bits per heavy atom. The number of fused-ring (bicyclic) bond motifs is 1. The fourth-order valence-corrected chi connectivity index (χ4v) is 2.53. The first kappa shape index (κ1) is 12.4. The average Bonchev–Trinajstić information content (AvgIpc) is 2.94. The van der Waals surface area contributed by atoms with Gasteiger partial charge in [-0.2, -0.15) is 5.26 Å². The molecular formula is C13H9N5OS. The number of nitrogens with zero attached hydrogens (tertiary/aromatic N) is 3. The topological polar surface area (TPSA) is 98.2 Å². The van der Waals surface area contributed by atoms with Crippen LogP contribution in [0.2, 0.25) is 0 Å². The summed E-state index contributed by atoms with van der Waals surface area (Å²) in [4.78, 5) is 25.4. The van der Waals surface area contributed by atoms with Crippen molar-refractivity contribution in [3.63, 3.8) is 0 Å². The quantitative estimate of drug-likeness (QED) is 0.564. The fraction of sp³-hybridized carbons (Fsp3) is 0.0769. The minimum atomic E-state index is -0.227. The number of thioether (sulfide) groups is 1. The summed E-state index contributed by atoms with van der Waals surface area (Å²) < 4.78 is 0. The van der Waals surface area contributed by atoms with Crippen LogP contribution >= 0.6 is 11.8 Å². The standard InChI is InChI=1S/C13H9N5OS/c14-5-8-1-3-9(4-2-8)6-20-13-17-11-10(12(19)18-13)15-7-16-11/h1-4,7H,6H2,(H2,15,16,17,18,19). The fourth-order valence-electron chi connectivity index (χ4n) is 1.72. The van der Waals surface area contributed by atoms with Crippen molar-refractivity contribution in [2.24, 2.45) is 0 Å². The van der Waals surface area contributed by atoms with Crippen molar-refractivity contribution in [3.8, 4) is 6.07 Å². The van der Waals surface area contributed by atoms with E-state index in [1.54, 1.807) is 12.1 Å². The number of nitriles is 1. The molecule has 0 fully saturated rings.